The van der Waals surface area contributed by atoms with Gasteiger partial charge in [-0.2, -0.15) is 0 Å². The van der Waals surface area contributed by atoms with E-state index in [4.69, 9.17) is 9.47 Å². The van der Waals surface area contributed by atoms with E-state index in [9.17, 15) is 0 Å². The van der Waals surface area contributed by atoms with Crippen LogP contribution in [-0.2, 0) is 4.74 Å². The molecule has 0 spiro atoms. The first-order valence-corrected chi connectivity index (χ1v) is 3.95. The van der Waals surface area contributed by atoms with Crippen molar-refractivity contribution < 1.29 is 9.47 Å². The molecule has 10 heavy (non-hydrogen) atoms. The van der Waals surface area contributed by atoms with E-state index in [-0.39, 0.29) is 0 Å². The maximum Gasteiger partial charge on any atom is 0.264 e. The van der Waals surface area contributed by atoms with Crippen LogP contribution >= 0.6 is 11.3 Å². The van der Waals surface area contributed by atoms with Crippen LogP contribution in [-0.4, -0.2) is 6.61 Å². The van der Waals surface area contributed by atoms with Gasteiger partial charge in [0.15, 0.2) is 5.06 Å². The van der Waals surface area contributed by atoms with Crippen LogP contribution in [0.2, 0.25) is 0 Å². The first-order valence-electron chi connectivity index (χ1n) is 3.07. The van der Waals surface area contributed by atoms with Gasteiger partial charge in [0.05, 0.1) is 0 Å². The number of thiophene rings is 1. The molecule has 0 unspecified atom stereocenters. The van der Waals surface area contributed by atoms with Gasteiger partial charge in [-0.1, -0.05) is 0 Å². The molecule has 2 nitrogen and oxygen atoms in total. The molecule has 0 saturated heterocycles. The van der Waals surface area contributed by atoms with E-state index in [0.717, 1.165) is 5.06 Å². The summed E-state index contributed by atoms with van der Waals surface area (Å²) in [7, 11) is 0. The standard InChI is InChI=1S/C7H9O2S/c1-2-8-6-9-7-4-3-5-10-7/h3-6H,2H2,1H3. The summed E-state index contributed by atoms with van der Waals surface area (Å²) < 4.78 is 9.92. The van der Waals surface area contributed by atoms with Crippen LogP contribution in [0.5, 0.6) is 5.06 Å². The van der Waals surface area contributed by atoms with Gasteiger partial charge in [0.25, 0.3) is 6.79 Å². The largest absolute Gasteiger partial charge is 0.448 e. The fourth-order valence-corrected chi connectivity index (χ4v) is 1.02. The zero-order valence-electron chi connectivity index (χ0n) is 5.74. The second-order valence-electron chi connectivity index (χ2n) is 1.60. The summed E-state index contributed by atoms with van der Waals surface area (Å²) in [6.07, 6.45) is 0. The van der Waals surface area contributed by atoms with Gasteiger partial charge in [0.2, 0.25) is 0 Å². The first kappa shape index (κ1) is 7.57. The van der Waals surface area contributed by atoms with E-state index >= 15 is 0 Å². The zero-order valence-corrected chi connectivity index (χ0v) is 6.56. The molecule has 1 radical (unpaired) electrons. The monoisotopic (exact) mass is 157 g/mol. The molecule has 0 N–H and O–H groups in total. The number of hydrogen-bond donors (Lipinski definition) is 0. The van der Waals surface area contributed by atoms with E-state index in [1.54, 1.807) is 0 Å². The highest BCUT2D eigenvalue weighted by molar-refractivity contribution is 7.11. The molecule has 1 rings (SSSR count). The van der Waals surface area contributed by atoms with Gasteiger partial charge in [-0.15, -0.1) is 11.3 Å². The second-order valence-corrected chi connectivity index (χ2v) is 2.51. The highest BCUT2D eigenvalue weighted by Crippen LogP contribution is 2.18. The van der Waals surface area contributed by atoms with Gasteiger partial charge < -0.3 is 9.47 Å². The molecule has 0 aromatic carbocycles. The molecule has 1 heterocycles. The fourth-order valence-electron chi connectivity index (χ4n) is 0.480. The van der Waals surface area contributed by atoms with Gasteiger partial charge in [0, 0.05) is 6.61 Å². The molecule has 1 aromatic rings. The number of hydrogen-bond acceptors (Lipinski definition) is 3. The fraction of sp³-hybridized carbons (Fsp3) is 0.286. The van der Waals surface area contributed by atoms with Crippen molar-refractivity contribution in [2.45, 2.75) is 6.92 Å². The zero-order chi connectivity index (χ0) is 7.23. The van der Waals surface area contributed by atoms with Gasteiger partial charge in [-0.05, 0) is 24.4 Å². The smallest absolute Gasteiger partial charge is 0.264 e. The summed E-state index contributed by atoms with van der Waals surface area (Å²) in [6, 6.07) is 3.82. The molecule has 0 aliphatic rings. The summed E-state index contributed by atoms with van der Waals surface area (Å²) in [5.41, 5.74) is 0. The van der Waals surface area contributed by atoms with Crippen molar-refractivity contribution in [2.24, 2.45) is 0 Å². The lowest BCUT2D eigenvalue weighted by atomic mass is 10.7. The Balaban J connectivity index is 2.15. The maximum absolute atomic E-state index is 5.06. The molecule has 0 saturated carbocycles. The van der Waals surface area contributed by atoms with Crippen LogP contribution in [0.1, 0.15) is 6.92 Å². The van der Waals surface area contributed by atoms with Crippen molar-refractivity contribution in [3.05, 3.63) is 24.3 Å². The third kappa shape index (κ3) is 2.37. The minimum Gasteiger partial charge on any atom is -0.448 e. The molecular weight excluding hydrogens is 148 g/mol. The van der Waals surface area contributed by atoms with Crippen molar-refractivity contribution in [1.82, 2.24) is 0 Å². The van der Waals surface area contributed by atoms with Gasteiger partial charge in [0.1, 0.15) is 0 Å². The van der Waals surface area contributed by atoms with Crippen LogP contribution in [0.15, 0.2) is 17.5 Å². The van der Waals surface area contributed by atoms with Crippen LogP contribution in [0.25, 0.3) is 0 Å². The Morgan fingerprint density at radius 2 is 2.60 bits per heavy atom. The van der Waals surface area contributed by atoms with E-state index in [2.05, 4.69) is 0 Å². The molecule has 0 bridgehead atoms. The third-order valence-corrected chi connectivity index (χ3v) is 1.65. The van der Waals surface area contributed by atoms with Crippen molar-refractivity contribution >= 4 is 11.3 Å². The van der Waals surface area contributed by atoms with Crippen LogP contribution in [0.4, 0.5) is 0 Å². The van der Waals surface area contributed by atoms with Crippen molar-refractivity contribution in [1.29, 1.82) is 0 Å². The minimum atomic E-state index is 0.644. The predicted molar refractivity (Wildman–Crippen MR) is 40.9 cm³/mol. The molecule has 3 heteroatoms. The Bertz CT molecular complexity index is 160. The Hall–Kier alpha value is -0.540. The lowest BCUT2D eigenvalue weighted by molar-refractivity contribution is 0.104. The summed E-state index contributed by atoms with van der Waals surface area (Å²) in [5, 5.41) is 2.81. The highest BCUT2D eigenvalue weighted by atomic mass is 32.1. The third-order valence-electron chi connectivity index (χ3n) is 0.894. The summed E-state index contributed by atoms with van der Waals surface area (Å²) in [4.78, 5) is 0. The van der Waals surface area contributed by atoms with Gasteiger partial charge >= 0.3 is 0 Å². The molecule has 0 aliphatic carbocycles. The Morgan fingerprint density at radius 3 is 3.20 bits per heavy atom. The molecule has 0 aliphatic heterocycles. The molecule has 0 atom stereocenters. The quantitative estimate of drug-likeness (QED) is 0.624. The van der Waals surface area contributed by atoms with Crippen LogP contribution < -0.4 is 4.74 Å². The van der Waals surface area contributed by atoms with E-state index in [0.29, 0.717) is 6.61 Å². The minimum absolute atomic E-state index is 0.644. The van der Waals surface area contributed by atoms with E-state index in [1.807, 2.05) is 24.4 Å². The SMILES string of the molecule is CCO[CH]Oc1cccs1. The second kappa shape index (κ2) is 4.30. The summed E-state index contributed by atoms with van der Waals surface area (Å²) in [6.45, 7) is 3.91. The normalized spacial score (nSPS) is 9.70. The Labute approximate surface area is 64.4 Å². The van der Waals surface area contributed by atoms with E-state index < -0.39 is 0 Å². The molecule has 55 valence electrons. The van der Waals surface area contributed by atoms with Gasteiger partial charge in [-0.3, -0.25) is 0 Å². The van der Waals surface area contributed by atoms with Crippen LogP contribution in [0.3, 0.4) is 0 Å². The van der Waals surface area contributed by atoms with E-state index in [1.165, 1.54) is 18.1 Å². The van der Waals surface area contributed by atoms with Gasteiger partial charge in [-0.25, -0.2) is 0 Å². The predicted octanol–water partition coefficient (Wildman–Crippen LogP) is 2.28. The first-order chi connectivity index (χ1) is 4.93. The topological polar surface area (TPSA) is 18.5 Å². The lowest BCUT2D eigenvalue weighted by Crippen LogP contribution is -1.92. The average Bonchev–Trinajstić information content (AvgIpc) is 2.41. The maximum atomic E-state index is 5.06. The van der Waals surface area contributed by atoms with Crippen molar-refractivity contribution in [3.63, 3.8) is 0 Å². The summed E-state index contributed by atoms with van der Waals surface area (Å²) in [5.74, 6) is 0. The number of ether oxygens (including phenoxy) is 2. The summed E-state index contributed by atoms with van der Waals surface area (Å²) >= 11 is 1.54. The Morgan fingerprint density at radius 1 is 1.70 bits per heavy atom. The Kier molecular flexibility index (Phi) is 3.26. The highest BCUT2D eigenvalue weighted by Gasteiger charge is 1.91. The molecule has 0 amide bonds. The molecule has 0 fully saturated rings. The molecular formula is C7H9O2S. The lowest BCUT2D eigenvalue weighted by Gasteiger charge is -1.98. The van der Waals surface area contributed by atoms with Crippen molar-refractivity contribution in [2.75, 3.05) is 6.61 Å². The van der Waals surface area contributed by atoms with Crippen LogP contribution in [0, 0.1) is 6.79 Å². The average molecular weight is 157 g/mol. The number of rotatable bonds is 4. The van der Waals surface area contributed by atoms with Crippen molar-refractivity contribution in [3.8, 4) is 5.06 Å². The molecule has 1 aromatic heterocycles.